The van der Waals surface area contributed by atoms with E-state index in [0.29, 0.717) is 19.4 Å². The van der Waals surface area contributed by atoms with Gasteiger partial charge < -0.3 is 14.4 Å². The highest BCUT2D eigenvalue weighted by Gasteiger charge is 2.28. The summed E-state index contributed by atoms with van der Waals surface area (Å²) in [7, 11) is 0. The van der Waals surface area contributed by atoms with Crippen molar-refractivity contribution in [2.75, 3.05) is 44.2 Å². The van der Waals surface area contributed by atoms with E-state index < -0.39 is 5.60 Å². The molecule has 0 aromatic heterocycles. The van der Waals surface area contributed by atoms with Gasteiger partial charge in [-0.3, -0.25) is 14.5 Å². The molecule has 1 aliphatic rings. The maximum atomic E-state index is 12.5. The number of esters is 1. The van der Waals surface area contributed by atoms with Crippen molar-refractivity contribution in [3.8, 4) is 0 Å². The van der Waals surface area contributed by atoms with Gasteiger partial charge in [0, 0.05) is 50.4 Å². The minimum absolute atomic E-state index is 0.0877. The van der Waals surface area contributed by atoms with Gasteiger partial charge in [-0.1, -0.05) is 13.8 Å². The lowest BCUT2D eigenvalue weighted by atomic mass is 9.99. The summed E-state index contributed by atoms with van der Waals surface area (Å²) < 4.78 is 11.8. The Morgan fingerprint density at radius 3 is 2.12 bits per heavy atom. The van der Waals surface area contributed by atoms with Crippen LogP contribution in [0.2, 0.25) is 0 Å². The van der Waals surface area contributed by atoms with Crippen LogP contribution in [0.1, 0.15) is 77.6 Å². The summed E-state index contributed by atoms with van der Waals surface area (Å²) >= 11 is 0. The van der Waals surface area contributed by atoms with Crippen LogP contribution in [0.3, 0.4) is 0 Å². The Kier molecular flexibility index (Phi) is 9.71. The summed E-state index contributed by atoms with van der Waals surface area (Å²) in [6, 6.07) is 7.81. The molecule has 0 N–H and O–H groups in total. The number of hydrogen-bond acceptors (Lipinski definition) is 6. The van der Waals surface area contributed by atoms with Crippen molar-refractivity contribution in [3.63, 3.8) is 0 Å². The monoisotopic (exact) mass is 446 g/mol. The first-order valence-corrected chi connectivity index (χ1v) is 12.0. The first-order chi connectivity index (χ1) is 15.1. The third-order valence-electron chi connectivity index (χ3n) is 6.73. The summed E-state index contributed by atoms with van der Waals surface area (Å²) in [4.78, 5) is 28.6. The van der Waals surface area contributed by atoms with E-state index in [1.807, 2.05) is 31.2 Å². The number of carbonyl (C=O) groups excluding carboxylic acids is 2. The summed E-state index contributed by atoms with van der Waals surface area (Å²) in [6.45, 7) is 16.9. The number of hydrogen-bond donors (Lipinski definition) is 0. The van der Waals surface area contributed by atoms with Gasteiger partial charge in [0.05, 0.1) is 18.6 Å². The molecule has 1 unspecified atom stereocenters. The molecule has 180 valence electrons. The van der Waals surface area contributed by atoms with Gasteiger partial charge in [-0.25, -0.2) is 0 Å². The summed E-state index contributed by atoms with van der Waals surface area (Å²) in [5, 5.41) is 0. The largest absolute Gasteiger partial charge is 0.459 e. The molecular weight excluding hydrogens is 404 g/mol. The normalized spacial score (nSPS) is 17.1. The Bertz CT molecular complexity index is 739. The molecule has 1 atom stereocenters. The van der Waals surface area contributed by atoms with E-state index in [-0.39, 0.29) is 17.4 Å². The molecule has 0 radical (unpaired) electrons. The summed E-state index contributed by atoms with van der Waals surface area (Å²) in [5.74, 6) is -0.0453. The van der Waals surface area contributed by atoms with E-state index in [1.54, 1.807) is 6.92 Å². The highest BCUT2D eigenvalue weighted by atomic mass is 16.6. The quantitative estimate of drug-likeness (QED) is 0.342. The Morgan fingerprint density at radius 1 is 0.969 bits per heavy atom. The Balaban J connectivity index is 1.73. The van der Waals surface area contributed by atoms with Gasteiger partial charge in [0.2, 0.25) is 0 Å². The lowest BCUT2D eigenvalue weighted by Crippen LogP contribution is -2.47. The molecule has 6 heteroatoms. The minimum Gasteiger partial charge on any atom is -0.459 e. The molecule has 32 heavy (non-hydrogen) atoms. The number of rotatable bonds is 12. The van der Waals surface area contributed by atoms with Gasteiger partial charge in [-0.05, 0) is 64.8 Å². The van der Waals surface area contributed by atoms with Gasteiger partial charge in [0.15, 0.2) is 5.78 Å². The average Bonchev–Trinajstić information content (AvgIpc) is 2.78. The molecule has 0 amide bonds. The highest BCUT2D eigenvalue weighted by Crippen LogP contribution is 2.23. The third kappa shape index (κ3) is 8.21. The van der Waals surface area contributed by atoms with E-state index in [0.717, 1.165) is 56.8 Å². The summed E-state index contributed by atoms with van der Waals surface area (Å²) in [6.07, 6.45) is 2.84. The number of benzene rings is 1. The number of ether oxygens (including phenoxy) is 2. The van der Waals surface area contributed by atoms with Crippen molar-refractivity contribution in [1.82, 2.24) is 4.90 Å². The number of anilines is 1. The molecule has 0 aliphatic carbocycles. The Hall–Kier alpha value is -1.92. The van der Waals surface area contributed by atoms with E-state index in [2.05, 4.69) is 37.5 Å². The molecule has 2 rings (SSSR count). The third-order valence-corrected chi connectivity index (χ3v) is 6.73. The van der Waals surface area contributed by atoms with E-state index >= 15 is 0 Å². The van der Waals surface area contributed by atoms with Gasteiger partial charge in [-0.15, -0.1) is 0 Å². The van der Waals surface area contributed by atoms with Crippen LogP contribution >= 0.6 is 0 Å². The fourth-order valence-electron chi connectivity index (χ4n) is 3.66. The van der Waals surface area contributed by atoms with Crippen molar-refractivity contribution in [3.05, 3.63) is 29.8 Å². The minimum atomic E-state index is -0.481. The Labute approximate surface area is 194 Å². The highest BCUT2D eigenvalue weighted by molar-refractivity contribution is 5.94. The molecule has 1 aliphatic heterocycles. The number of nitrogens with zero attached hydrogens (tertiary/aromatic N) is 2. The maximum Gasteiger partial charge on any atom is 0.307 e. The van der Waals surface area contributed by atoms with Gasteiger partial charge in [-0.2, -0.15) is 0 Å². The molecule has 1 saturated heterocycles. The van der Waals surface area contributed by atoms with Crippen LogP contribution in [-0.4, -0.2) is 67.2 Å². The van der Waals surface area contributed by atoms with Crippen LogP contribution < -0.4 is 4.90 Å². The fourth-order valence-corrected chi connectivity index (χ4v) is 3.66. The number of piperazine rings is 1. The zero-order chi connectivity index (χ0) is 23.8. The first kappa shape index (κ1) is 26.3. The molecule has 1 aromatic carbocycles. The molecule has 1 fully saturated rings. The second kappa shape index (κ2) is 11.8. The molecule has 6 nitrogen and oxygen atoms in total. The molecule has 1 aromatic rings. The molecule has 0 spiro atoms. The average molecular weight is 447 g/mol. The zero-order valence-corrected chi connectivity index (χ0v) is 20.9. The van der Waals surface area contributed by atoms with Gasteiger partial charge in [0.1, 0.15) is 5.60 Å². The molecule has 0 saturated carbocycles. The number of Topliss-reactive ketones (excluding diaryl/α,β-unsaturated/α-hetero) is 1. The van der Waals surface area contributed by atoms with E-state index in [9.17, 15) is 9.59 Å². The van der Waals surface area contributed by atoms with Crippen LogP contribution in [0.15, 0.2) is 24.3 Å². The fraction of sp³-hybridized carbons (Fsp3) is 0.692. The number of carbonyl (C=O) groups is 2. The van der Waals surface area contributed by atoms with Crippen molar-refractivity contribution in [2.45, 2.75) is 78.4 Å². The second-order valence-corrected chi connectivity index (χ2v) is 9.67. The number of ketones is 1. The van der Waals surface area contributed by atoms with Crippen LogP contribution in [0.4, 0.5) is 5.69 Å². The van der Waals surface area contributed by atoms with Gasteiger partial charge >= 0.3 is 5.97 Å². The standard InChI is InChI=1S/C26H42N2O4/c1-7-25(4,5)31-20-14-26(6,8-2)32-24(30)13-15-27-16-18-28(19-17-27)23-11-9-22(10-12-23)21(3)29/h9-12H,7-8,13-20H2,1-6H3. The predicted molar refractivity (Wildman–Crippen MR) is 129 cm³/mol. The maximum absolute atomic E-state index is 12.5. The molecule has 0 bridgehead atoms. The first-order valence-electron chi connectivity index (χ1n) is 12.0. The lowest BCUT2D eigenvalue weighted by Gasteiger charge is -2.36. The Morgan fingerprint density at radius 2 is 1.59 bits per heavy atom. The van der Waals surface area contributed by atoms with Crippen LogP contribution in [-0.2, 0) is 14.3 Å². The topological polar surface area (TPSA) is 59.1 Å². The van der Waals surface area contributed by atoms with E-state index in [1.165, 1.54) is 0 Å². The molecule has 1 heterocycles. The lowest BCUT2D eigenvalue weighted by molar-refractivity contribution is -0.162. The second-order valence-electron chi connectivity index (χ2n) is 9.67. The van der Waals surface area contributed by atoms with Crippen LogP contribution in [0, 0.1) is 0 Å². The summed E-state index contributed by atoms with van der Waals surface area (Å²) in [5.41, 5.74) is 1.26. The molecular formula is C26H42N2O4. The van der Waals surface area contributed by atoms with Crippen LogP contribution in [0.5, 0.6) is 0 Å². The van der Waals surface area contributed by atoms with E-state index in [4.69, 9.17) is 9.47 Å². The van der Waals surface area contributed by atoms with Gasteiger partial charge in [0.25, 0.3) is 0 Å². The SMILES string of the molecule is CCC(C)(C)OCCC(C)(CC)OC(=O)CCN1CCN(c2ccc(C(C)=O)cc2)CC1. The zero-order valence-electron chi connectivity index (χ0n) is 20.9. The van der Waals surface area contributed by atoms with Crippen molar-refractivity contribution in [1.29, 1.82) is 0 Å². The smallest absolute Gasteiger partial charge is 0.307 e. The predicted octanol–water partition coefficient (Wildman–Crippen LogP) is 4.71. The van der Waals surface area contributed by atoms with Crippen molar-refractivity contribution < 1.29 is 19.1 Å². The van der Waals surface area contributed by atoms with Crippen LogP contribution in [0.25, 0.3) is 0 Å². The van der Waals surface area contributed by atoms with Crippen molar-refractivity contribution >= 4 is 17.4 Å². The van der Waals surface area contributed by atoms with Crippen molar-refractivity contribution in [2.24, 2.45) is 0 Å².